The summed E-state index contributed by atoms with van der Waals surface area (Å²) in [6, 6.07) is 27.6. The van der Waals surface area contributed by atoms with E-state index in [0.717, 1.165) is 20.6 Å². The van der Waals surface area contributed by atoms with Gasteiger partial charge in [-0.25, -0.2) is 0 Å². The average molecular weight is 586 g/mol. The Labute approximate surface area is 249 Å². The van der Waals surface area contributed by atoms with Gasteiger partial charge < -0.3 is 25.6 Å². The minimum absolute atomic E-state index is 0.126. The molecule has 0 unspecified atom stereocenters. The van der Waals surface area contributed by atoms with Gasteiger partial charge in [0, 0.05) is 25.2 Å². The van der Waals surface area contributed by atoms with Crippen molar-refractivity contribution < 1.29 is 19.3 Å². The van der Waals surface area contributed by atoms with Gasteiger partial charge in [-0.3, -0.25) is 19.2 Å². The lowest BCUT2D eigenvalue weighted by molar-refractivity contribution is 0.0706. The smallest absolute Gasteiger partial charge is 0.283 e. The highest BCUT2D eigenvalue weighted by molar-refractivity contribution is 5.92. The lowest BCUT2D eigenvalue weighted by atomic mass is 10.2. The highest BCUT2D eigenvalue weighted by Gasteiger charge is 2.14. The molecule has 3 N–H and O–H groups in total. The van der Waals surface area contributed by atoms with Gasteiger partial charge in [-0.15, -0.1) is 9.46 Å². The molecule has 2 heterocycles. The van der Waals surface area contributed by atoms with Crippen LogP contribution in [0.15, 0.2) is 107 Å². The van der Waals surface area contributed by atoms with Gasteiger partial charge in [-0.1, -0.05) is 72.8 Å². The zero-order chi connectivity index (χ0) is 30.3. The number of carbonyl (C=O) groups excluding carboxylic acids is 2. The molecule has 43 heavy (non-hydrogen) atoms. The number of aromatic nitrogens is 2. The van der Waals surface area contributed by atoms with Crippen LogP contribution in [0.3, 0.4) is 0 Å². The van der Waals surface area contributed by atoms with Crippen LogP contribution in [-0.4, -0.2) is 47.5 Å². The Morgan fingerprint density at radius 1 is 0.535 bits per heavy atom. The molecule has 224 valence electrons. The minimum atomic E-state index is -0.424. The lowest BCUT2D eigenvalue weighted by Crippen LogP contribution is -2.36. The van der Waals surface area contributed by atoms with Crippen molar-refractivity contribution in [3.63, 3.8) is 0 Å². The van der Waals surface area contributed by atoms with E-state index in [4.69, 9.17) is 9.68 Å². The normalized spacial score (nSPS) is 10.6. The first-order valence-corrected chi connectivity index (χ1v) is 14.1. The third kappa shape index (κ3) is 9.44. The Balaban J connectivity index is 1.13. The molecule has 2 amide bonds. The second kappa shape index (κ2) is 16.3. The van der Waals surface area contributed by atoms with E-state index in [1.54, 1.807) is 12.1 Å². The molecule has 2 aromatic heterocycles. The van der Waals surface area contributed by atoms with E-state index in [1.807, 2.05) is 60.7 Å². The third-order valence-corrected chi connectivity index (χ3v) is 6.33. The van der Waals surface area contributed by atoms with Gasteiger partial charge in [-0.05, 0) is 49.2 Å². The molecule has 4 aromatic rings. The topological polar surface area (TPSA) is 133 Å². The van der Waals surface area contributed by atoms with Crippen molar-refractivity contribution in [1.82, 2.24) is 25.4 Å². The number of rotatable bonds is 16. The fraction of sp³-hybridized carbons (Fsp3) is 0.250. The van der Waals surface area contributed by atoms with Crippen molar-refractivity contribution in [2.45, 2.75) is 26.1 Å². The zero-order valence-electron chi connectivity index (χ0n) is 23.7. The largest absolute Gasteiger partial charge is 0.405 e. The molecule has 4 rings (SSSR count). The molecular weight excluding hydrogens is 550 g/mol. The van der Waals surface area contributed by atoms with E-state index in [0.29, 0.717) is 39.0 Å². The summed E-state index contributed by atoms with van der Waals surface area (Å²) in [7, 11) is 0. The summed E-state index contributed by atoms with van der Waals surface area (Å²) in [4.78, 5) is 61.3. The predicted molar refractivity (Wildman–Crippen MR) is 162 cm³/mol. The zero-order valence-corrected chi connectivity index (χ0v) is 23.7. The van der Waals surface area contributed by atoms with Crippen LogP contribution < -0.4 is 36.7 Å². The fourth-order valence-electron chi connectivity index (χ4n) is 4.12. The maximum absolute atomic E-state index is 12.7. The predicted octanol–water partition coefficient (Wildman–Crippen LogP) is 1.80. The first-order chi connectivity index (χ1) is 21.0. The van der Waals surface area contributed by atoms with Crippen LogP contribution >= 0.6 is 0 Å². The Morgan fingerprint density at radius 2 is 0.953 bits per heavy atom. The number of benzene rings is 2. The van der Waals surface area contributed by atoms with E-state index in [2.05, 4.69) is 16.0 Å². The van der Waals surface area contributed by atoms with Crippen molar-refractivity contribution >= 4 is 11.8 Å². The van der Waals surface area contributed by atoms with E-state index < -0.39 is 22.9 Å². The van der Waals surface area contributed by atoms with E-state index in [1.165, 1.54) is 24.3 Å². The third-order valence-electron chi connectivity index (χ3n) is 6.33. The quantitative estimate of drug-likeness (QED) is 0.171. The maximum atomic E-state index is 12.7. The van der Waals surface area contributed by atoms with Crippen LogP contribution in [0.1, 0.15) is 44.9 Å². The number of nitrogens with zero attached hydrogens (tertiary/aromatic N) is 2. The highest BCUT2D eigenvalue weighted by atomic mass is 16.7. The van der Waals surface area contributed by atoms with Gasteiger partial charge in [0.1, 0.15) is 24.6 Å². The van der Waals surface area contributed by atoms with Gasteiger partial charge in [0.05, 0.1) is 0 Å². The highest BCUT2D eigenvalue weighted by Crippen LogP contribution is 2.02. The number of hydrogen-bond acceptors (Lipinski definition) is 7. The van der Waals surface area contributed by atoms with Crippen molar-refractivity contribution in [2.75, 3.05) is 26.2 Å². The van der Waals surface area contributed by atoms with Crippen molar-refractivity contribution in [3.05, 3.63) is 140 Å². The van der Waals surface area contributed by atoms with E-state index >= 15 is 0 Å². The standard InChI is InChI=1S/C32H35N5O6/c38-29-17-7-15-27(36(29)42-23-25-11-3-1-4-12-25)31(40)34-21-9-19-33-20-10-22-35-32(41)28-16-8-18-30(39)37(28)43-24-26-13-5-2-6-14-26/h1-8,11-18,33H,9-10,19-24H2,(H,34,40)(H,35,41). The summed E-state index contributed by atoms with van der Waals surface area (Å²) in [5.41, 5.74) is 1.16. The molecule has 0 bridgehead atoms. The number of pyridine rings is 2. The fourth-order valence-corrected chi connectivity index (χ4v) is 4.12. The molecule has 0 aliphatic carbocycles. The molecule has 0 fully saturated rings. The van der Waals surface area contributed by atoms with E-state index in [9.17, 15) is 19.2 Å². The van der Waals surface area contributed by atoms with Gasteiger partial charge in [0.25, 0.3) is 22.9 Å². The summed E-state index contributed by atoms with van der Waals surface area (Å²) in [5.74, 6) is -0.804. The molecule has 0 atom stereocenters. The number of amides is 2. The molecule has 11 heteroatoms. The maximum Gasteiger partial charge on any atom is 0.283 e. The summed E-state index contributed by atoms with van der Waals surface area (Å²) < 4.78 is 2.03. The van der Waals surface area contributed by atoms with Crippen molar-refractivity contribution in [3.8, 4) is 0 Å². The molecule has 0 saturated heterocycles. The molecule has 0 spiro atoms. The molecular formula is C32H35N5O6. The second-order valence-electron chi connectivity index (χ2n) is 9.57. The van der Waals surface area contributed by atoms with Crippen LogP contribution in [-0.2, 0) is 13.2 Å². The SMILES string of the molecule is O=C(NCCCNCCCNC(=O)c1cccc(=O)n1OCc1ccccc1)c1cccc(=O)n1OCc1ccccc1. The van der Waals surface area contributed by atoms with Crippen LogP contribution in [0.2, 0.25) is 0 Å². The number of carbonyl (C=O) groups is 2. The van der Waals surface area contributed by atoms with E-state index in [-0.39, 0.29) is 24.6 Å². The van der Waals surface area contributed by atoms with Crippen molar-refractivity contribution in [2.24, 2.45) is 0 Å². The van der Waals surface area contributed by atoms with Crippen molar-refractivity contribution in [1.29, 1.82) is 0 Å². The molecule has 2 aromatic carbocycles. The van der Waals surface area contributed by atoms with Gasteiger partial charge in [0.15, 0.2) is 0 Å². The molecule has 0 aliphatic rings. The Hall–Kier alpha value is -5.16. The first-order valence-electron chi connectivity index (χ1n) is 14.1. The molecule has 0 aliphatic heterocycles. The molecule has 0 radical (unpaired) electrons. The lowest BCUT2D eigenvalue weighted by Gasteiger charge is -2.14. The molecule has 0 saturated carbocycles. The Morgan fingerprint density at radius 3 is 1.37 bits per heavy atom. The van der Waals surface area contributed by atoms with Gasteiger partial charge in [-0.2, -0.15) is 0 Å². The second-order valence-corrected chi connectivity index (χ2v) is 9.57. The summed E-state index contributed by atoms with van der Waals surface area (Å²) >= 11 is 0. The Kier molecular flexibility index (Phi) is 11.7. The summed E-state index contributed by atoms with van der Waals surface area (Å²) in [6.07, 6.45) is 1.32. The number of nitrogens with one attached hydrogen (secondary N) is 3. The summed E-state index contributed by atoms with van der Waals surface area (Å²) in [6.45, 7) is 2.40. The minimum Gasteiger partial charge on any atom is -0.405 e. The van der Waals surface area contributed by atoms with Gasteiger partial charge in [0.2, 0.25) is 0 Å². The first kappa shape index (κ1) is 30.8. The van der Waals surface area contributed by atoms with Crippen LogP contribution in [0.5, 0.6) is 0 Å². The monoisotopic (exact) mass is 585 g/mol. The van der Waals surface area contributed by atoms with Crippen LogP contribution in [0.25, 0.3) is 0 Å². The average Bonchev–Trinajstić information content (AvgIpc) is 3.03. The van der Waals surface area contributed by atoms with Gasteiger partial charge >= 0.3 is 0 Å². The van der Waals surface area contributed by atoms with Crippen LogP contribution in [0.4, 0.5) is 0 Å². The van der Waals surface area contributed by atoms with Crippen LogP contribution in [0, 0.1) is 0 Å². The Bertz CT molecular complexity index is 1470. The number of hydrogen-bond donors (Lipinski definition) is 3. The summed E-state index contributed by atoms with van der Waals surface area (Å²) in [5, 5.41) is 8.90. The molecule has 11 nitrogen and oxygen atoms in total.